The summed E-state index contributed by atoms with van der Waals surface area (Å²) in [6, 6.07) is 1.93. The fourth-order valence-electron chi connectivity index (χ4n) is 2.04. The molecular weight excluding hydrogens is 287 g/mol. The van der Waals surface area contributed by atoms with Crippen molar-refractivity contribution < 1.29 is 14.4 Å². The summed E-state index contributed by atoms with van der Waals surface area (Å²) in [7, 11) is 0. The molecule has 0 amide bonds. The van der Waals surface area contributed by atoms with Crippen LogP contribution in [-0.2, 0) is 0 Å². The summed E-state index contributed by atoms with van der Waals surface area (Å²) in [5, 5.41) is 23.4. The van der Waals surface area contributed by atoms with Gasteiger partial charge in [0.1, 0.15) is 11.5 Å². The van der Waals surface area contributed by atoms with E-state index in [-0.39, 0.29) is 23.2 Å². The molecule has 20 heavy (non-hydrogen) atoms. The average Bonchev–Trinajstić information content (AvgIpc) is 2.40. The van der Waals surface area contributed by atoms with Crippen LogP contribution in [0.2, 0.25) is 5.02 Å². The van der Waals surface area contributed by atoms with Crippen LogP contribution >= 0.6 is 11.6 Å². The largest absolute Gasteiger partial charge is 0.391 e. The van der Waals surface area contributed by atoms with E-state index in [0.717, 1.165) is 25.0 Å². The molecule has 0 aliphatic carbocycles. The van der Waals surface area contributed by atoms with Crippen molar-refractivity contribution in [1.29, 1.82) is 0 Å². The molecule has 1 unspecified atom stereocenters. The maximum atomic E-state index is 13.2. The number of halogens is 2. The third kappa shape index (κ3) is 4.05. The molecule has 0 aliphatic rings. The molecule has 1 aromatic carbocycles. The molecule has 0 saturated carbocycles. The number of rotatable bonds is 7. The number of benzene rings is 1. The predicted octanol–water partition coefficient (Wildman–Crippen LogP) is 3.60. The third-order valence-electron chi connectivity index (χ3n) is 3.33. The Bertz CT molecular complexity index is 481. The Morgan fingerprint density at radius 1 is 1.45 bits per heavy atom. The van der Waals surface area contributed by atoms with Crippen molar-refractivity contribution in [1.82, 2.24) is 0 Å². The van der Waals surface area contributed by atoms with E-state index in [0.29, 0.717) is 0 Å². The van der Waals surface area contributed by atoms with E-state index in [4.69, 9.17) is 11.6 Å². The highest BCUT2D eigenvalue weighted by molar-refractivity contribution is 6.31. The van der Waals surface area contributed by atoms with Crippen LogP contribution in [0.5, 0.6) is 0 Å². The molecule has 0 bridgehead atoms. The zero-order chi connectivity index (χ0) is 15.3. The molecule has 7 heteroatoms. The molecule has 0 saturated heterocycles. The number of nitrogens with one attached hydrogen (secondary N) is 1. The smallest absolute Gasteiger partial charge is 0.295 e. The van der Waals surface area contributed by atoms with Gasteiger partial charge >= 0.3 is 0 Å². The van der Waals surface area contributed by atoms with Crippen LogP contribution in [0.3, 0.4) is 0 Å². The van der Waals surface area contributed by atoms with E-state index in [1.165, 1.54) is 0 Å². The molecule has 112 valence electrons. The summed E-state index contributed by atoms with van der Waals surface area (Å²) in [6.07, 6.45) is 0.991. The molecule has 0 heterocycles. The van der Waals surface area contributed by atoms with Crippen LogP contribution < -0.4 is 5.32 Å². The molecule has 0 aliphatic heterocycles. The van der Waals surface area contributed by atoms with Gasteiger partial charge in [-0.15, -0.1) is 0 Å². The quantitative estimate of drug-likeness (QED) is 0.596. The number of nitro benzene ring substituents is 1. The Kier molecular flexibility index (Phi) is 6.16. The van der Waals surface area contributed by atoms with Gasteiger partial charge in [-0.3, -0.25) is 10.1 Å². The van der Waals surface area contributed by atoms with E-state index in [9.17, 15) is 19.6 Å². The third-order valence-corrected chi connectivity index (χ3v) is 3.62. The molecule has 0 fully saturated rings. The Morgan fingerprint density at radius 2 is 2.05 bits per heavy atom. The lowest BCUT2D eigenvalue weighted by Crippen LogP contribution is -2.27. The van der Waals surface area contributed by atoms with Crippen LogP contribution in [0.4, 0.5) is 15.8 Å². The first-order valence-electron chi connectivity index (χ1n) is 6.46. The van der Waals surface area contributed by atoms with Crippen LogP contribution in [-0.4, -0.2) is 22.7 Å². The van der Waals surface area contributed by atoms with Gasteiger partial charge in [-0.25, -0.2) is 4.39 Å². The van der Waals surface area contributed by atoms with Crippen molar-refractivity contribution in [3.63, 3.8) is 0 Å². The first-order valence-corrected chi connectivity index (χ1v) is 6.83. The maximum Gasteiger partial charge on any atom is 0.295 e. The van der Waals surface area contributed by atoms with Gasteiger partial charge in [-0.05, 0) is 12.0 Å². The van der Waals surface area contributed by atoms with Gasteiger partial charge in [0.15, 0.2) is 0 Å². The summed E-state index contributed by atoms with van der Waals surface area (Å²) in [5.41, 5.74) is -0.296. The fraction of sp³-hybridized carbons (Fsp3) is 0.538. The molecule has 0 spiro atoms. The molecule has 1 rings (SSSR count). The Morgan fingerprint density at radius 3 is 2.55 bits per heavy atom. The van der Waals surface area contributed by atoms with E-state index < -0.39 is 22.5 Å². The van der Waals surface area contributed by atoms with E-state index in [1.54, 1.807) is 0 Å². The lowest BCUT2D eigenvalue weighted by molar-refractivity contribution is -0.384. The summed E-state index contributed by atoms with van der Waals surface area (Å²) >= 11 is 5.62. The monoisotopic (exact) mass is 304 g/mol. The van der Waals surface area contributed by atoms with Crippen LogP contribution in [0.25, 0.3) is 0 Å². The number of aliphatic hydroxyl groups is 1. The van der Waals surface area contributed by atoms with Crippen LogP contribution in [0.15, 0.2) is 12.1 Å². The molecule has 2 N–H and O–H groups in total. The molecule has 1 aromatic rings. The average molecular weight is 305 g/mol. The first-order chi connectivity index (χ1) is 9.40. The van der Waals surface area contributed by atoms with Gasteiger partial charge < -0.3 is 10.4 Å². The lowest BCUT2D eigenvalue weighted by Gasteiger charge is -2.20. The zero-order valence-electron chi connectivity index (χ0n) is 11.4. The highest BCUT2D eigenvalue weighted by Gasteiger charge is 2.20. The van der Waals surface area contributed by atoms with Gasteiger partial charge in [-0.2, -0.15) is 0 Å². The molecule has 0 radical (unpaired) electrons. The van der Waals surface area contributed by atoms with Crippen LogP contribution in [0.1, 0.15) is 26.7 Å². The maximum absolute atomic E-state index is 13.2. The highest BCUT2D eigenvalue weighted by Crippen LogP contribution is 2.30. The van der Waals surface area contributed by atoms with E-state index >= 15 is 0 Å². The standard InChI is InChI=1S/C13H18ClFN2O3/c1-3-8(4-2)13(18)7-16-11-5-9(14)10(15)6-12(11)17(19)20/h5-6,8,13,16,18H,3-4,7H2,1-2H3. The summed E-state index contributed by atoms with van der Waals surface area (Å²) < 4.78 is 13.2. The summed E-state index contributed by atoms with van der Waals surface area (Å²) in [5.74, 6) is -0.734. The second kappa shape index (κ2) is 7.40. The SMILES string of the molecule is CCC(CC)C(O)CNc1cc(Cl)c(F)cc1[N+](=O)[O-]. The van der Waals surface area contributed by atoms with E-state index in [2.05, 4.69) is 5.32 Å². The number of nitrogens with zero attached hydrogens (tertiary/aromatic N) is 1. The van der Waals surface area contributed by atoms with Crippen LogP contribution in [0, 0.1) is 21.8 Å². The second-order valence-corrected chi connectivity index (χ2v) is 4.97. The number of nitro groups is 1. The minimum absolute atomic E-state index is 0.103. The van der Waals surface area contributed by atoms with E-state index in [1.807, 2.05) is 13.8 Å². The topological polar surface area (TPSA) is 75.4 Å². The van der Waals surface area contributed by atoms with Gasteiger partial charge in [0.25, 0.3) is 5.69 Å². The fourth-order valence-corrected chi connectivity index (χ4v) is 2.21. The number of hydrogen-bond acceptors (Lipinski definition) is 4. The van der Waals surface area contributed by atoms with Gasteiger partial charge in [-0.1, -0.05) is 38.3 Å². The van der Waals surface area contributed by atoms with Gasteiger partial charge in [0.2, 0.25) is 0 Å². The minimum Gasteiger partial charge on any atom is -0.391 e. The number of hydrogen-bond donors (Lipinski definition) is 2. The Balaban J connectivity index is 2.87. The first kappa shape index (κ1) is 16.7. The normalized spacial score (nSPS) is 12.5. The zero-order valence-corrected chi connectivity index (χ0v) is 12.2. The molecular formula is C13H18ClFN2O3. The number of anilines is 1. The minimum atomic E-state index is -0.843. The van der Waals surface area contributed by atoms with Crippen molar-refractivity contribution in [2.75, 3.05) is 11.9 Å². The second-order valence-electron chi connectivity index (χ2n) is 4.57. The Labute approximate surface area is 121 Å². The van der Waals surface area contributed by atoms with Crippen molar-refractivity contribution in [3.8, 4) is 0 Å². The highest BCUT2D eigenvalue weighted by atomic mass is 35.5. The lowest BCUT2D eigenvalue weighted by atomic mass is 9.96. The summed E-state index contributed by atoms with van der Waals surface area (Å²) in [6.45, 7) is 4.08. The van der Waals surface area contributed by atoms with Gasteiger partial charge in [0.05, 0.1) is 22.1 Å². The van der Waals surface area contributed by atoms with Gasteiger partial charge in [0, 0.05) is 6.54 Å². The van der Waals surface area contributed by atoms with Crippen molar-refractivity contribution >= 4 is 23.0 Å². The molecule has 1 atom stereocenters. The van der Waals surface area contributed by atoms with Crippen molar-refractivity contribution in [3.05, 3.63) is 33.1 Å². The number of aliphatic hydroxyl groups excluding tert-OH is 1. The van der Waals surface area contributed by atoms with Crippen molar-refractivity contribution in [2.45, 2.75) is 32.8 Å². The Hall–Kier alpha value is -1.40. The van der Waals surface area contributed by atoms with Crippen molar-refractivity contribution in [2.24, 2.45) is 5.92 Å². The molecule has 5 nitrogen and oxygen atoms in total. The molecule has 0 aromatic heterocycles. The summed E-state index contributed by atoms with van der Waals surface area (Å²) in [4.78, 5) is 10.2. The predicted molar refractivity (Wildman–Crippen MR) is 76.6 cm³/mol.